The Morgan fingerprint density at radius 3 is 1.58 bits per heavy atom. The molecule has 0 aromatic carbocycles. The van der Waals surface area contributed by atoms with Gasteiger partial charge in [-0.25, -0.2) is 0 Å². The smallest absolute Gasteiger partial charge is 0.358 e. The number of hydrogen-bond donors (Lipinski definition) is 0. The number of halogens is 2. The second-order valence-corrected chi connectivity index (χ2v) is 7.79. The minimum absolute atomic E-state index is 0. The van der Waals surface area contributed by atoms with Gasteiger partial charge in [0.15, 0.2) is 0 Å². The average molecular weight is 298 g/mol. The number of hydrogen-bond acceptors (Lipinski definition) is 2. The maximum Gasteiger partial charge on any atom is -0.358 e. The van der Waals surface area contributed by atoms with Crippen molar-refractivity contribution in [3.05, 3.63) is 26.5 Å². The first-order valence-corrected chi connectivity index (χ1v) is 8.48. The molecule has 0 bridgehead atoms. The molecule has 1 rings (SSSR count). The zero-order valence-corrected chi connectivity index (χ0v) is 10.7. The fourth-order valence-electron chi connectivity index (χ4n) is 0.575. The van der Waals surface area contributed by atoms with Gasteiger partial charge in [0, 0.05) is 0 Å². The van der Waals surface area contributed by atoms with E-state index in [1.807, 2.05) is 43.0 Å². The van der Waals surface area contributed by atoms with Crippen molar-refractivity contribution in [3.63, 3.8) is 0 Å². The Balaban J connectivity index is 0. The van der Waals surface area contributed by atoms with Gasteiger partial charge < -0.3 is 17.2 Å². The van der Waals surface area contributed by atoms with E-state index in [2.05, 4.69) is 5.11 Å². The normalized spacial score (nSPS) is 14.8. The molecular formula is C7H14Cl2N2Ru-2. The van der Waals surface area contributed by atoms with E-state index in [4.69, 9.17) is 19.4 Å². The third-order valence-corrected chi connectivity index (χ3v) is 0.901. The topological polar surface area (TPSA) is 6.48 Å². The minimum atomic E-state index is -1.48. The van der Waals surface area contributed by atoms with Crippen LogP contribution in [0.5, 0.6) is 0 Å². The van der Waals surface area contributed by atoms with Crippen LogP contribution < -0.4 is 0 Å². The molecule has 1 heterocycles. The second-order valence-electron chi connectivity index (χ2n) is 1.98. The Bertz CT molecular complexity index is 147. The molecule has 0 atom stereocenters. The number of nitrogens with zero attached hydrogens (tertiary/aromatic N) is 2. The summed E-state index contributed by atoms with van der Waals surface area (Å²) >= 11 is -1.48. The molecule has 1 aliphatic rings. The molecule has 0 N–H and O–H groups in total. The molecule has 5 heteroatoms. The van der Waals surface area contributed by atoms with Crippen molar-refractivity contribution in [2.75, 3.05) is 14.1 Å². The van der Waals surface area contributed by atoms with Crippen LogP contribution in [0.3, 0.4) is 0 Å². The standard InChI is InChI=1S/C5H9N2.CH3.CH2.2ClH.Ru/c1-6-3-4-7(2)5-6;;;;;/h3-5H,1-2H3;1H3;1H2;2*1H;/q2*-1;;;;+2/p-2. The summed E-state index contributed by atoms with van der Waals surface area (Å²) in [6.45, 7) is 2.00. The molecule has 0 saturated heterocycles. The molecule has 0 aromatic heterocycles. The molecule has 1 aliphatic heterocycles. The van der Waals surface area contributed by atoms with Crippen molar-refractivity contribution in [1.29, 1.82) is 0 Å². The average Bonchev–Trinajstić information content (AvgIpc) is 2.13. The van der Waals surface area contributed by atoms with Crippen LogP contribution in [0.2, 0.25) is 0 Å². The van der Waals surface area contributed by atoms with Crippen molar-refractivity contribution in [2.45, 2.75) is 0 Å². The molecule has 0 radical (unpaired) electrons. The van der Waals surface area contributed by atoms with E-state index in [-0.39, 0.29) is 7.43 Å². The first-order valence-electron chi connectivity index (χ1n) is 2.78. The van der Waals surface area contributed by atoms with Crippen LogP contribution in [-0.4, -0.2) is 29.0 Å². The first-order chi connectivity index (χ1) is 5.02. The van der Waals surface area contributed by atoms with Gasteiger partial charge in [0.2, 0.25) is 0 Å². The van der Waals surface area contributed by atoms with Crippen molar-refractivity contribution >= 4 is 24.5 Å². The van der Waals surface area contributed by atoms with Crippen LogP contribution in [0, 0.1) is 14.1 Å². The summed E-state index contributed by atoms with van der Waals surface area (Å²) in [5, 5.41) is 3.31. The summed E-state index contributed by atoms with van der Waals surface area (Å²) in [6.07, 6.45) is 4.00. The molecule has 2 nitrogen and oxygen atoms in total. The van der Waals surface area contributed by atoms with Gasteiger partial charge in [-0.15, -0.1) is 0 Å². The van der Waals surface area contributed by atoms with E-state index in [1.165, 1.54) is 0 Å². The first kappa shape index (κ1) is 14.9. The van der Waals surface area contributed by atoms with Gasteiger partial charge in [0.05, 0.1) is 0 Å². The second kappa shape index (κ2) is 8.03. The summed E-state index contributed by atoms with van der Waals surface area (Å²) in [7, 11) is 14.1. The fraction of sp³-hybridized carbons (Fsp3) is 0.286. The largest absolute Gasteiger partial charge is 0.358 e. The summed E-state index contributed by atoms with van der Waals surface area (Å²) < 4.78 is 0. The van der Waals surface area contributed by atoms with Gasteiger partial charge in [0.25, 0.3) is 0 Å². The third kappa shape index (κ3) is 10.4. The molecule has 76 valence electrons. The van der Waals surface area contributed by atoms with Crippen LogP contribution in [0.1, 0.15) is 0 Å². The Morgan fingerprint density at radius 1 is 1.25 bits per heavy atom. The molecule has 0 amide bonds. The van der Waals surface area contributed by atoms with Gasteiger partial charge in [-0.3, -0.25) is 0 Å². The molecular weight excluding hydrogens is 284 g/mol. The predicted octanol–water partition coefficient (Wildman–Crippen LogP) is 2.25. The Morgan fingerprint density at radius 2 is 1.50 bits per heavy atom. The van der Waals surface area contributed by atoms with Crippen molar-refractivity contribution < 1.29 is 13.5 Å². The number of rotatable bonds is 0. The van der Waals surface area contributed by atoms with Crippen molar-refractivity contribution in [2.24, 2.45) is 0 Å². The third-order valence-electron chi connectivity index (χ3n) is 0.901. The maximum atomic E-state index is 5.07. The Kier molecular flexibility index (Phi) is 9.98. The van der Waals surface area contributed by atoms with E-state index < -0.39 is 13.5 Å². The van der Waals surface area contributed by atoms with Crippen LogP contribution >= 0.6 is 19.4 Å². The van der Waals surface area contributed by atoms with E-state index >= 15 is 0 Å². The summed E-state index contributed by atoms with van der Waals surface area (Å²) in [4.78, 5) is 4.00. The van der Waals surface area contributed by atoms with Gasteiger partial charge in [-0.1, -0.05) is 0 Å². The van der Waals surface area contributed by atoms with Gasteiger partial charge in [-0.05, 0) is 26.5 Å². The molecule has 0 spiro atoms. The minimum Gasteiger partial charge on any atom is -0.358 e. The zero-order valence-electron chi connectivity index (χ0n) is 7.44. The van der Waals surface area contributed by atoms with E-state index in [0.717, 1.165) is 0 Å². The van der Waals surface area contributed by atoms with E-state index in [1.54, 1.807) is 0 Å². The predicted molar refractivity (Wildman–Crippen MR) is 54.2 cm³/mol. The summed E-state index contributed by atoms with van der Waals surface area (Å²) in [6, 6.07) is 0. The molecule has 0 aromatic rings. The van der Waals surface area contributed by atoms with Crippen LogP contribution in [0.4, 0.5) is 0 Å². The van der Waals surface area contributed by atoms with E-state index in [9.17, 15) is 0 Å². The Hall–Kier alpha value is 0.413. The molecule has 0 saturated carbocycles. The van der Waals surface area contributed by atoms with E-state index in [0.29, 0.717) is 0 Å². The fourth-order valence-corrected chi connectivity index (χ4v) is 0.575. The van der Waals surface area contributed by atoms with Gasteiger partial charge in [-0.2, -0.15) is 6.67 Å². The van der Waals surface area contributed by atoms with Crippen LogP contribution in [0.15, 0.2) is 12.4 Å². The van der Waals surface area contributed by atoms with Crippen LogP contribution in [-0.2, 0) is 13.5 Å². The molecule has 0 aliphatic carbocycles. The SMILES string of the molecule is CN1C=CN(C)[CH-]1.[CH2]=[Ru]([Cl])[Cl].[CH3-]. The molecule has 12 heavy (non-hydrogen) atoms. The van der Waals surface area contributed by atoms with Crippen LogP contribution in [0.25, 0.3) is 0 Å². The van der Waals surface area contributed by atoms with Crippen molar-refractivity contribution in [1.82, 2.24) is 9.80 Å². The summed E-state index contributed by atoms with van der Waals surface area (Å²) in [5.74, 6) is 0. The summed E-state index contributed by atoms with van der Waals surface area (Å²) in [5.41, 5.74) is 0. The van der Waals surface area contributed by atoms with Crippen molar-refractivity contribution in [3.8, 4) is 0 Å². The van der Waals surface area contributed by atoms with Gasteiger partial charge in [0.1, 0.15) is 0 Å². The molecule has 0 fully saturated rings. The monoisotopic (exact) mass is 298 g/mol. The Labute approximate surface area is 88.2 Å². The molecule has 0 unspecified atom stereocenters. The quantitative estimate of drug-likeness (QED) is 0.500. The maximum absolute atomic E-state index is 5.07. The zero-order chi connectivity index (χ0) is 8.85. The van der Waals surface area contributed by atoms with Gasteiger partial charge >= 0.3 is 38.0 Å².